The first-order valence-corrected chi connectivity index (χ1v) is 8.93. The SMILES string of the molecule is [C-]#[N+]c1c(-c2ccc(Cc3cccc(C)c3)cc2)c(C(=O)O)n(C)c1CC. The van der Waals surface area contributed by atoms with Gasteiger partial charge in [0.2, 0.25) is 5.69 Å². The molecule has 4 heteroatoms. The van der Waals surface area contributed by atoms with Crippen molar-refractivity contribution in [2.75, 3.05) is 0 Å². The van der Waals surface area contributed by atoms with Crippen molar-refractivity contribution in [3.05, 3.63) is 88.0 Å². The van der Waals surface area contributed by atoms with Crippen LogP contribution in [0.3, 0.4) is 0 Å². The molecular formula is C23H22N2O2. The van der Waals surface area contributed by atoms with Crippen LogP contribution in [0.1, 0.15) is 39.8 Å². The van der Waals surface area contributed by atoms with Crippen LogP contribution in [-0.4, -0.2) is 15.6 Å². The van der Waals surface area contributed by atoms with Gasteiger partial charge < -0.3 is 9.67 Å². The van der Waals surface area contributed by atoms with Crippen molar-refractivity contribution in [1.82, 2.24) is 4.57 Å². The lowest BCUT2D eigenvalue weighted by Gasteiger charge is -2.07. The van der Waals surface area contributed by atoms with Gasteiger partial charge in [-0.2, -0.15) is 0 Å². The number of aryl methyl sites for hydroxylation is 1. The van der Waals surface area contributed by atoms with Crippen molar-refractivity contribution in [3.8, 4) is 11.1 Å². The molecule has 0 aliphatic rings. The van der Waals surface area contributed by atoms with Crippen LogP contribution in [0, 0.1) is 13.5 Å². The second-order valence-electron chi connectivity index (χ2n) is 6.71. The van der Waals surface area contributed by atoms with E-state index in [0.717, 1.165) is 23.2 Å². The van der Waals surface area contributed by atoms with Crippen molar-refractivity contribution in [2.45, 2.75) is 26.7 Å². The van der Waals surface area contributed by atoms with Crippen molar-refractivity contribution in [3.63, 3.8) is 0 Å². The van der Waals surface area contributed by atoms with Crippen LogP contribution in [0.4, 0.5) is 5.69 Å². The Bertz CT molecular complexity index is 1040. The summed E-state index contributed by atoms with van der Waals surface area (Å²) in [4.78, 5) is 15.5. The predicted molar refractivity (Wildman–Crippen MR) is 107 cm³/mol. The smallest absolute Gasteiger partial charge is 0.351 e. The monoisotopic (exact) mass is 358 g/mol. The first kappa shape index (κ1) is 18.5. The van der Waals surface area contributed by atoms with Crippen LogP contribution in [0.5, 0.6) is 0 Å². The number of nitrogens with zero attached hydrogens (tertiary/aromatic N) is 2. The zero-order valence-corrected chi connectivity index (χ0v) is 15.8. The Hall–Kier alpha value is -3.32. The number of carboxylic acid groups (broad SMARTS) is 1. The van der Waals surface area contributed by atoms with Crippen molar-refractivity contribution in [2.24, 2.45) is 7.05 Å². The van der Waals surface area contributed by atoms with E-state index >= 15 is 0 Å². The quantitative estimate of drug-likeness (QED) is 0.621. The maximum atomic E-state index is 11.8. The molecule has 0 aliphatic carbocycles. The lowest BCUT2D eigenvalue weighted by atomic mass is 9.98. The van der Waals surface area contributed by atoms with Gasteiger partial charge in [-0.1, -0.05) is 61.0 Å². The van der Waals surface area contributed by atoms with Crippen LogP contribution in [-0.2, 0) is 19.9 Å². The minimum Gasteiger partial charge on any atom is -0.477 e. The third-order valence-corrected chi connectivity index (χ3v) is 4.87. The average Bonchev–Trinajstić information content (AvgIpc) is 2.94. The standard InChI is InChI=1S/C23H22N2O2/c1-5-19-21(24-3)20(22(23(26)27)25(19)4)18-11-9-16(10-12-18)14-17-8-6-7-15(2)13-17/h6-13H,5,14H2,1-2,4H3,(H,26,27). The van der Waals surface area contributed by atoms with E-state index in [1.165, 1.54) is 11.1 Å². The Labute approximate surface area is 159 Å². The molecular weight excluding hydrogens is 336 g/mol. The molecule has 0 bridgehead atoms. The van der Waals surface area contributed by atoms with Gasteiger partial charge in [0.25, 0.3) is 0 Å². The molecule has 0 amide bonds. The summed E-state index contributed by atoms with van der Waals surface area (Å²) in [5.41, 5.74) is 6.25. The number of aromatic nitrogens is 1. The normalized spacial score (nSPS) is 10.6. The maximum Gasteiger partial charge on any atom is 0.351 e. The molecule has 0 saturated carbocycles. The van der Waals surface area contributed by atoms with Crippen molar-refractivity contribution < 1.29 is 9.90 Å². The lowest BCUT2D eigenvalue weighted by Crippen LogP contribution is -2.07. The third-order valence-electron chi connectivity index (χ3n) is 4.87. The molecule has 0 saturated heterocycles. The first-order chi connectivity index (χ1) is 13.0. The van der Waals surface area contributed by atoms with Gasteiger partial charge in [0.05, 0.1) is 6.57 Å². The summed E-state index contributed by atoms with van der Waals surface area (Å²) in [5.74, 6) is -1.01. The summed E-state index contributed by atoms with van der Waals surface area (Å²) in [7, 11) is 1.71. The molecule has 4 nitrogen and oxygen atoms in total. The molecule has 3 aromatic rings. The highest BCUT2D eigenvalue weighted by atomic mass is 16.4. The zero-order valence-electron chi connectivity index (χ0n) is 15.8. The number of hydrogen-bond donors (Lipinski definition) is 1. The second-order valence-corrected chi connectivity index (χ2v) is 6.71. The van der Waals surface area contributed by atoms with Crippen LogP contribution >= 0.6 is 0 Å². The van der Waals surface area contributed by atoms with Crippen LogP contribution < -0.4 is 0 Å². The summed E-state index contributed by atoms with van der Waals surface area (Å²) in [6.45, 7) is 11.6. The van der Waals surface area contributed by atoms with Crippen molar-refractivity contribution in [1.29, 1.82) is 0 Å². The van der Waals surface area contributed by atoms with Crippen LogP contribution in [0.15, 0.2) is 48.5 Å². The maximum absolute atomic E-state index is 11.8. The van der Waals surface area contributed by atoms with Crippen LogP contribution in [0.2, 0.25) is 0 Å². The molecule has 3 rings (SSSR count). The summed E-state index contributed by atoms with van der Waals surface area (Å²) < 4.78 is 1.63. The topological polar surface area (TPSA) is 46.6 Å². The van der Waals surface area contributed by atoms with E-state index in [9.17, 15) is 9.90 Å². The number of rotatable bonds is 5. The fourth-order valence-electron chi connectivity index (χ4n) is 3.61. The molecule has 1 N–H and O–H groups in total. The number of benzene rings is 2. The zero-order chi connectivity index (χ0) is 19.6. The molecule has 0 fully saturated rings. The summed E-state index contributed by atoms with van der Waals surface area (Å²) in [6.07, 6.45) is 1.43. The number of carboxylic acids is 1. The molecule has 0 radical (unpaired) electrons. The predicted octanol–water partition coefficient (Wildman–Crippen LogP) is 5.40. The molecule has 1 aromatic heterocycles. The molecule has 0 atom stereocenters. The van der Waals surface area contributed by atoms with Gasteiger partial charge in [0, 0.05) is 18.3 Å². The summed E-state index contributed by atoms with van der Waals surface area (Å²) >= 11 is 0. The van der Waals surface area contributed by atoms with Gasteiger partial charge in [-0.15, -0.1) is 0 Å². The summed E-state index contributed by atoms with van der Waals surface area (Å²) in [6, 6.07) is 16.2. The van der Waals surface area contributed by atoms with Crippen molar-refractivity contribution >= 4 is 11.7 Å². The van der Waals surface area contributed by atoms with E-state index in [1.807, 2.05) is 31.2 Å². The van der Waals surface area contributed by atoms with E-state index < -0.39 is 5.97 Å². The second kappa shape index (κ2) is 7.51. The minimum atomic E-state index is -1.01. The largest absolute Gasteiger partial charge is 0.477 e. The highest BCUT2D eigenvalue weighted by Gasteiger charge is 2.25. The van der Waals surface area contributed by atoms with Gasteiger partial charge in [0.1, 0.15) is 5.69 Å². The van der Waals surface area contributed by atoms with Gasteiger partial charge in [-0.05, 0) is 36.5 Å². The van der Waals surface area contributed by atoms with E-state index in [-0.39, 0.29) is 5.69 Å². The fraction of sp³-hybridized carbons (Fsp3) is 0.217. The number of aromatic carboxylic acids is 1. The number of carbonyl (C=O) groups is 1. The molecule has 0 unspecified atom stereocenters. The molecule has 2 aromatic carbocycles. The van der Waals surface area contributed by atoms with E-state index in [2.05, 4.69) is 36.0 Å². The molecule has 27 heavy (non-hydrogen) atoms. The molecule has 0 aliphatic heterocycles. The van der Waals surface area contributed by atoms with E-state index in [1.54, 1.807) is 11.6 Å². The Morgan fingerprint density at radius 2 is 1.85 bits per heavy atom. The molecule has 1 heterocycles. The Kier molecular flexibility index (Phi) is 5.14. The Morgan fingerprint density at radius 3 is 2.41 bits per heavy atom. The lowest BCUT2D eigenvalue weighted by molar-refractivity contribution is 0.0687. The average molecular weight is 358 g/mol. The van der Waals surface area contributed by atoms with Gasteiger partial charge >= 0.3 is 5.97 Å². The fourth-order valence-corrected chi connectivity index (χ4v) is 3.61. The highest BCUT2D eigenvalue weighted by molar-refractivity contribution is 6.00. The van der Waals surface area contributed by atoms with E-state index in [0.29, 0.717) is 17.7 Å². The Balaban J connectivity index is 2.03. The highest BCUT2D eigenvalue weighted by Crippen LogP contribution is 2.39. The molecule has 136 valence electrons. The van der Waals surface area contributed by atoms with Gasteiger partial charge in [0.15, 0.2) is 0 Å². The third kappa shape index (κ3) is 3.50. The minimum absolute atomic E-state index is 0.171. The molecule has 0 spiro atoms. The van der Waals surface area contributed by atoms with Gasteiger partial charge in [-0.3, -0.25) is 0 Å². The number of hydrogen-bond acceptors (Lipinski definition) is 1. The summed E-state index contributed by atoms with van der Waals surface area (Å²) in [5, 5.41) is 9.69. The Morgan fingerprint density at radius 1 is 1.15 bits per heavy atom. The van der Waals surface area contributed by atoms with Gasteiger partial charge in [-0.25, -0.2) is 9.64 Å². The van der Waals surface area contributed by atoms with Crippen LogP contribution in [0.25, 0.3) is 16.0 Å². The first-order valence-electron chi connectivity index (χ1n) is 8.93. The van der Waals surface area contributed by atoms with E-state index in [4.69, 9.17) is 6.57 Å².